The summed E-state index contributed by atoms with van der Waals surface area (Å²) in [5.41, 5.74) is 9.88. The number of imidazole rings is 1. The van der Waals surface area contributed by atoms with Crippen LogP contribution in [0.1, 0.15) is 44.3 Å². The summed E-state index contributed by atoms with van der Waals surface area (Å²) < 4.78 is 17.0. The number of aromatic nitrogens is 4. The third-order valence-corrected chi connectivity index (χ3v) is 8.11. The fourth-order valence-corrected chi connectivity index (χ4v) is 5.78. The van der Waals surface area contributed by atoms with Gasteiger partial charge in [0.1, 0.15) is 17.2 Å². The zero-order chi connectivity index (χ0) is 25.4. The first kappa shape index (κ1) is 24.2. The van der Waals surface area contributed by atoms with Crippen LogP contribution in [-0.2, 0) is 5.54 Å². The van der Waals surface area contributed by atoms with Gasteiger partial charge in [-0.15, -0.1) is 0 Å². The molecule has 1 aliphatic carbocycles. The largest absolute Gasteiger partial charge is 0.319 e. The number of fused-ring (bicyclic) bond motifs is 1. The Kier molecular flexibility index (Phi) is 6.48. The Bertz CT molecular complexity index is 1370. The Morgan fingerprint density at radius 2 is 1.65 bits per heavy atom. The summed E-state index contributed by atoms with van der Waals surface area (Å²) in [6.45, 7) is 2.29. The summed E-state index contributed by atoms with van der Waals surface area (Å²) in [6, 6.07) is 15.1. The highest BCUT2D eigenvalue weighted by atomic mass is 19.1. The van der Waals surface area contributed by atoms with Crippen molar-refractivity contribution in [1.29, 1.82) is 0 Å². The molecular weight excluding hydrogens is 465 g/mol. The molecule has 0 spiro atoms. The minimum Gasteiger partial charge on any atom is -0.319 e. The molecule has 2 fully saturated rings. The van der Waals surface area contributed by atoms with Crippen molar-refractivity contribution >= 4 is 5.65 Å². The molecule has 0 unspecified atom stereocenters. The lowest BCUT2D eigenvalue weighted by atomic mass is 9.79. The van der Waals surface area contributed by atoms with Gasteiger partial charge in [0.2, 0.25) is 0 Å². The standard InChI is InChI=1S/C29H34FN7/c1-36-15-11-23(12-16-36)34-22-9-13-29(31,14-10-22)28-33-17-24(30)27(35-28)25-18-32-26-8-7-21(19-37(25)26)20-5-3-2-4-6-20/h2-8,17-19,22-23,34H,9-16,31H2,1H3. The van der Waals surface area contributed by atoms with Crippen LogP contribution in [0.15, 0.2) is 61.1 Å². The molecule has 1 aromatic carbocycles. The molecule has 4 heterocycles. The molecule has 2 aliphatic rings. The van der Waals surface area contributed by atoms with Gasteiger partial charge in [-0.1, -0.05) is 30.3 Å². The van der Waals surface area contributed by atoms with E-state index < -0.39 is 11.4 Å². The minimum absolute atomic E-state index is 0.235. The van der Waals surface area contributed by atoms with E-state index in [-0.39, 0.29) is 5.69 Å². The smallest absolute Gasteiger partial charge is 0.169 e. The van der Waals surface area contributed by atoms with Crippen LogP contribution in [0, 0.1) is 5.82 Å². The first-order valence-corrected chi connectivity index (χ1v) is 13.3. The molecule has 7 nitrogen and oxygen atoms in total. The van der Waals surface area contributed by atoms with Crippen molar-refractivity contribution in [2.75, 3.05) is 20.1 Å². The van der Waals surface area contributed by atoms with Crippen LogP contribution in [0.25, 0.3) is 28.2 Å². The Hall–Kier alpha value is -3.20. The molecule has 192 valence electrons. The van der Waals surface area contributed by atoms with Crippen LogP contribution in [0.3, 0.4) is 0 Å². The Balaban J connectivity index is 1.24. The number of nitrogens with two attached hydrogens (primary N) is 1. The van der Waals surface area contributed by atoms with E-state index in [1.165, 1.54) is 19.0 Å². The second-order valence-electron chi connectivity index (χ2n) is 10.7. The number of pyridine rings is 1. The Labute approximate surface area is 217 Å². The van der Waals surface area contributed by atoms with Gasteiger partial charge in [0.15, 0.2) is 5.82 Å². The van der Waals surface area contributed by atoms with Crippen molar-refractivity contribution in [3.63, 3.8) is 0 Å². The summed E-state index contributed by atoms with van der Waals surface area (Å²) in [6.07, 6.45) is 10.8. The van der Waals surface area contributed by atoms with E-state index in [1.54, 1.807) is 6.20 Å². The molecule has 0 bridgehead atoms. The fraction of sp³-hybridized carbons (Fsp3) is 0.414. The maximum Gasteiger partial charge on any atom is 0.169 e. The second kappa shape index (κ2) is 9.93. The average molecular weight is 500 g/mol. The van der Waals surface area contributed by atoms with Gasteiger partial charge in [-0.25, -0.2) is 19.3 Å². The highest BCUT2D eigenvalue weighted by molar-refractivity contribution is 5.68. The van der Waals surface area contributed by atoms with Gasteiger partial charge in [-0.2, -0.15) is 0 Å². The molecule has 3 aromatic heterocycles. The van der Waals surface area contributed by atoms with Crippen molar-refractivity contribution in [1.82, 2.24) is 29.6 Å². The molecule has 0 atom stereocenters. The lowest BCUT2D eigenvalue weighted by Crippen LogP contribution is -2.50. The van der Waals surface area contributed by atoms with Crippen LogP contribution in [-0.4, -0.2) is 56.5 Å². The lowest BCUT2D eigenvalue weighted by molar-refractivity contribution is 0.189. The number of rotatable bonds is 5. The third-order valence-electron chi connectivity index (χ3n) is 8.11. The number of hydrogen-bond donors (Lipinski definition) is 2. The molecule has 1 saturated heterocycles. The summed E-state index contributed by atoms with van der Waals surface area (Å²) in [4.78, 5) is 16.0. The number of nitrogens with zero attached hydrogens (tertiary/aromatic N) is 5. The zero-order valence-corrected chi connectivity index (χ0v) is 21.3. The molecule has 3 N–H and O–H groups in total. The monoisotopic (exact) mass is 499 g/mol. The van der Waals surface area contributed by atoms with Crippen LogP contribution in [0.2, 0.25) is 0 Å². The average Bonchev–Trinajstić information content (AvgIpc) is 3.35. The summed E-state index contributed by atoms with van der Waals surface area (Å²) in [7, 11) is 2.19. The van der Waals surface area contributed by atoms with Gasteiger partial charge in [0.05, 0.1) is 23.6 Å². The molecule has 6 rings (SSSR count). The van der Waals surface area contributed by atoms with E-state index in [0.29, 0.717) is 23.6 Å². The normalized spacial score (nSPS) is 23.5. The Morgan fingerprint density at radius 3 is 2.41 bits per heavy atom. The molecule has 37 heavy (non-hydrogen) atoms. The minimum atomic E-state index is -0.664. The molecule has 1 aliphatic heterocycles. The molecule has 0 amide bonds. The second-order valence-corrected chi connectivity index (χ2v) is 10.7. The van der Waals surface area contributed by atoms with E-state index in [4.69, 9.17) is 10.7 Å². The summed E-state index contributed by atoms with van der Waals surface area (Å²) in [5, 5.41) is 3.85. The Morgan fingerprint density at radius 1 is 0.919 bits per heavy atom. The van der Waals surface area contributed by atoms with Crippen molar-refractivity contribution < 1.29 is 4.39 Å². The predicted octanol–water partition coefficient (Wildman–Crippen LogP) is 4.38. The predicted molar refractivity (Wildman–Crippen MR) is 143 cm³/mol. The van der Waals surface area contributed by atoms with Gasteiger partial charge in [0.25, 0.3) is 0 Å². The molecule has 0 radical (unpaired) electrons. The van der Waals surface area contributed by atoms with Crippen LogP contribution in [0.5, 0.6) is 0 Å². The highest BCUT2D eigenvalue weighted by Gasteiger charge is 2.37. The van der Waals surface area contributed by atoms with Crippen molar-refractivity contribution in [2.24, 2.45) is 5.73 Å². The van der Waals surface area contributed by atoms with Crippen molar-refractivity contribution in [3.8, 4) is 22.5 Å². The number of nitrogens with one attached hydrogen (secondary N) is 1. The maximum atomic E-state index is 15.1. The fourth-order valence-electron chi connectivity index (χ4n) is 5.78. The first-order valence-electron chi connectivity index (χ1n) is 13.3. The number of benzene rings is 1. The van der Waals surface area contributed by atoms with Crippen LogP contribution in [0.4, 0.5) is 4.39 Å². The van der Waals surface area contributed by atoms with Gasteiger partial charge in [-0.05, 0) is 81.9 Å². The quantitative estimate of drug-likeness (QED) is 0.424. The number of likely N-dealkylation sites (tertiary alicyclic amines) is 1. The van der Waals surface area contributed by atoms with Gasteiger partial charge in [0, 0.05) is 18.3 Å². The number of hydrogen-bond acceptors (Lipinski definition) is 6. The zero-order valence-electron chi connectivity index (χ0n) is 21.3. The van der Waals surface area contributed by atoms with Gasteiger partial charge in [-0.3, -0.25) is 4.40 Å². The van der Waals surface area contributed by atoms with E-state index >= 15 is 4.39 Å². The van der Waals surface area contributed by atoms with Gasteiger partial charge >= 0.3 is 0 Å². The molecule has 8 heteroatoms. The number of halogens is 1. The molecule has 4 aromatic rings. The number of piperidine rings is 1. The molecular formula is C29H34FN7. The van der Waals surface area contributed by atoms with E-state index in [9.17, 15) is 0 Å². The summed E-state index contributed by atoms with van der Waals surface area (Å²) in [5.74, 6) is 0.0349. The topological polar surface area (TPSA) is 84.4 Å². The van der Waals surface area contributed by atoms with Gasteiger partial charge < -0.3 is 16.0 Å². The van der Waals surface area contributed by atoms with Crippen molar-refractivity contribution in [2.45, 2.75) is 56.1 Å². The lowest BCUT2D eigenvalue weighted by Gasteiger charge is -2.39. The highest BCUT2D eigenvalue weighted by Crippen LogP contribution is 2.35. The van der Waals surface area contributed by atoms with E-state index in [0.717, 1.165) is 55.5 Å². The third kappa shape index (κ3) is 4.89. The summed E-state index contributed by atoms with van der Waals surface area (Å²) >= 11 is 0. The van der Waals surface area contributed by atoms with E-state index in [2.05, 4.69) is 39.4 Å². The molecule has 1 saturated carbocycles. The van der Waals surface area contributed by atoms with Crippen LogP contribution < -0.4 is 11.1 Å². The first-order chi connectivity index (χ1) is 18.0. The SMILES string of the molecule is CN1CCC(NC2CCC(N)(c3ncc(F)c(-c4cnc5ccc(-c6ccccc6)cn45)n3)CC2)CC1. The van der Waals surface area contributed by atoms with Crippen LogP contribution >= 0.6 is 0 Å². The maximum absolute atomic E-state index is 15.1. The van der Waals surface area contributed by atoms with Crippen molar-refractivity contribution in [3.05, 3.63) is 72.7 Å². The van der Waals surface area contributed by atoms with E-state index in [1.807, 2.05) is 40.9 Å².